The fourth-order valence-electron chi connectivity index (χ4n) is 1.13. The molecule has 2 heteroatoms. The number of rotatable bonds is 0. The average Bonchev–Trinajstić information content (AvgIpc) is 1.64. The van der Waals surface area contributed by atoms with Gasteiger partial charge in [0.1, 0.15) is 0 Å². The van der Waals surface area contributed by atoms with Crippen molar-refractivity contribution in [3.05, 3.63) is 0 Å². The fraction of sp³-hybridized carbons (Fsp3) is 1.00. The van der Waals surface area contributed by atoms with Crippen molar-refractivity contribution in [2.24, 2.45) is 5.92 Å². The largest absolute Gasteiger partial charge is 0.392 e. The van der Waals surface area contributed by atoms with Crippen LogP contribution in [-0.4, -0.2) is 24.3 Å². The quantitative estimate of drug-likeness (QED) is 0.465. The van der Waals surface area contributed by atoms with Crippen molar-refractivity contribution in [1.29, 1.82) is 0 Å². The molecule has 1 aliphatic rings. The summed E-state index contributed by atoms with van der Waals surface area (Å²) in [6, 6.07) is 0. The van der Waals surface area contributed by atoms with E-state index in [1.54, 1.807) is 0 Å². The molecular weight excluding hydrogens is 102 g/mol. The smallest absolute Gasteiger partial charge is 0.0667 e. The Morgan fingerprint density at radius 3 is 2.62 bits per heavy atom. The van der Waals surface area contributed by atoms with Crippen molar-refractivity contribution >= 4 is 0 Å². The Morgan fingerprint density at radius 2 is 2.25 bits per heavy atom. The first-order chi connectivity index (χ1) is 3.79. The number of hydrogen-bond acceptors (Lipinski definition) is 2. The highest BCUT2D eigenvalue weighted by molar-refractivity contribution is 4.71. The maximum absolute atomic E-state index is 9.02. The molecule has 1 rings (SSSR count). The number of piperidine rings is 1. The summed E-state index contributed by atoms with van der Waals surface area (Å²) in [4.78, 5) is 0. The standard InChI is InChI=1S/C6H13NO/c1-5-2-6(8)4-7-3-5/h5-8H,2-4H2,1H3. The van der Waals surface area contributed by atoms with Gasteiger partial charge in [0.25, 0.3) is 0 Å². The zero-order valence-corrected chi connectivity index (χ0v) is 5.22. The van der Waals surface area contributed by atoms with Crippen LogP contribution in [0.5, 0.6) is 0 Å². The van der Waals surface area contributed by atoms with Crippen molar-refractivity contribution < 1.29 is 5.11 Å². The Kier molecular flexibility index (Phi) is 1.86. The van der Waals surface area contributed by atoms with Gasteiger partial charge in [0.15, 0.2) is 0 Å². The zero-order chi connectivity index (χ0) is 5.98. The minimum atomic E-state index is -0.0984. The summed E-state index contributed by atoms with van der Waals surface area (Å²) >= 11 is 0. The first-order valence-electron chi connectivity index (χ1n) is 3.18. The van der Waals surface area contributed by atoms with Crippen LogP contribution in [0.2, 0.25) is 0 Å². The highest BCUT2D eigenvalue weighted by Crippen LogP contribution is 2.07. The van der Waals surface area contributed by atoms with Crippen LogP contribution in [0.4, 0.5) is 0 Å². The van der Waals surface area contributed by atoms with E-state index in [0.29, 0.717) is 5.92 Å². The number of aliphatic hydroxyl groups excluding tert-OH is 1. The number of aliphatic hydroxyl groups is 1. The highest BCUT2D eigenvalue weighted by atomic mass is 16.3. The molecule has 0 amide bonds. The van der Waals surface area contributed by atoms with Gasteiger partial charge in [0, 0.05) is 6.54 Å². The average molecular weight is 115 g/mol. The lowest BCUT2D eigenvalue weighted by Crippen LogP contribution is -2.38. The van der Waals surface area contributed by atoms with E-state index in [9.17, 15) is 0 Å². The van der Waals surface area contributed by atoms with E-state index in [1.165, 1.54) is 0 Å². The molecule has 0 bridgehead atoms. The lowest BCUT2D eigenvalue weighted by molar-refractivity contribution is 0.119. The molecule has 1 saturated heterocycles. The molecule has 1 aliphatic heterocycles. The number of hydrogen-bond donors (Lipinski definition) is 2. The molecular formula is C6H13NO. The highest BCUT2D eigenvalue weighted by Gasteiger charge is 2.14. The first kappa shape index (κ1) is 6.05. The third-order valence-electron chi connectivity index (χ3n) is 1.55. The van der Waals surface area contributed by atoms with Crippen LogP contribution in [0, 0.1) is 5.92 Å². The third kappa shape index (κ3) is 1.46. The number of β-amino-alcohol motifs (C(OH)–C–C–N with tert-alkyl or cyclic N) is 1. The van der Waals surface area contributed by atoms with E-state index >= 15 is 0 Å². The summed E-state index contributed by atoms with van der Waals surface area (Å²) in [5, 5.41) is 12.2. The van der Waals surface area contributed by atoms with Gasteiger partial charge in [-0.2, -0.15) is 0 Å². The second kappa shape index (κ2) is 2.46. The summed E-state index contributed by atoms with van der Waals surface area (Å²) < 4.78 is 0. The van der Waals surface area contributed by atoms with Crippen molar-refractivity contribution in [3.63, 3.8) is 0 Å². The normalized spacial score (nSPS) is 39.8. The maximum atomic E-state index is 9.02. The Balaban J connectivity index is 2.23. The van der Waals surface area contributed by atoms with Crippen molar-refractivity contribution in [3.8, 4) is 0 Å². The van der Waals surface area contributed by atoms with Crippen LogP contribution in [0.1, 0.15) is 13.3 Å². The molecule has 1 heterocycles. The van der Waals surface area contributed by atoms with Crippen LogP contribution >= 0.6 is 0 Å². The molecule has 0 aromatic carbocycles. The summed E-state index contributed by atoms with van der Waals surface area (Å²) in [5.74, 6) is 0.652. The minimum absolute atomic E-state index is 0.0984. The molecule has 1 fully saturated rings. The van der Waals surface area contributed by atoms with Crippen LogP contribution in [-0.2, 0) is 0 Å². The summed E-state index contributed by atoms with van der Waals surface area (Å²) in [5.41, 5.74) is 0. The zero-order valence-electron chi connectivity index (χ0n) is 5.22. The summed E-state index contributed by atoms with van der Waals surface area (Å²) in [6.45, 7) is 4.00. The van der Waals surface area contributed by atoms with Crippen LogP contribution in [0.25, 0.3) is 0 Å². The van der Waals surface area contributed by atoms with Crippen LogP contribution in [0.15, 0.2) is 0 Å². The summed E-state index contributed by atoms with van der Waals surface area (Å²) in [7, 11) is 0. The molecule has 48 valence electrons. The number of nitrogens with one attached hydrogen (secondary N) is 1. The summed E-state index contributed by atoms with van der Waals surface area (Å²) in [6.07, 6.45) is 0.867. The van der Waals surface area contributed by atoms with Crippen molar-refractivity contribution in [2.75, 3.05) is 13.1 Å². The van der Waals surface area contributed by atoms with Gasteiger partial charge in [0.05, 0.1) is 6.10 Å². The predicted molar refractivity (Wildman–Crippen MR) is 32.7 cm³/mol. The topological polar surface area (TPSA) is 32.3 Å². The monoisotopic (exact) mass is 115 g/mol. The molecule has 0 aliphatic carbocycles. The SMILES string of the molecule is CC1CNCC(O)C1. The third-order valence-corrected chi connectivity index (χ3v) is 1.55. The van der Waals surface area contributed by atoms with E-state index in [0.717, 1.165) is 19.5 Å². The van der Waals surface area contributed by atoms with E-state index in [4.69, 9.17) is 5.11 Å². The van der Waals surface area contributed by atoms with Gasteiger partial charge in [-0.05, 0) is 18.9 Å². The molecule has 2 nitrogen and oxygen atoms in total. The molecule has 0 radical (unpaired) electrons. The fourth-order valence-corrected chi connectivity index (χ4v) is 1.13. The van der Waals surface area contributed by atoms with E-state index in [2.05, 4.69) is 12.2 Å². The van der Waals surface area contributed by atoms with Gasteiger partial charge in [-0.3, -0.25) is 0 Å². The minimum Gasteiger partial charge on any atom is -0.392 e. The first-order valence-corrected chi connectivity index (χ1v) is 3.18. The second-order valence-corrected chi connectivity index (χ2v) is 2.65. The van der Waals surface area contributed by atoms with Gasteiger partial charge in [0.2, 0.25) is 0 Å². The van der Waals surface area contributed by atoms with Crippen LogP contribution in [0.3, 0.4) is 0 Å². The molecule has 2 unspecified atom stereocenters. The molecule has 0 spiro atoms. The Morgan fingerprint density at radius 1 is 1.50 bits per heavy atom. The van der Waals surface area contributed by atoms with Crippen molar-refractivity contribution in [2.45, 2.75) is 19.4 Å². The molecule has 8 heavy (non-hydrogen) atoms. The lowest BCUT2D eigenvalue weighted by Gasteiger charge is -2.23. The van der Waals surface area contributed by atoms with E-state index < -0.39 is 0 Å². The Hall–Kier alpha value is -0.0800. The predicted octanol–water partition coefficient (Wildman–Crippen LogP) is -0.0233. The van der Waals surface area contributed by atoms with Gasteiger partial charge in [-0.1, -0.05) is 6.92 Å². The Labute approximate surface area is 49.9 Å². The van der Waals surface area contributed by atoms with E-state index in [1.807, 2.05) is 0 Å². The van der Waals surface area contributed by atoms with Gasteiger partial charge < -0.3 is 10.4 Å². The maximum Gasteiger partial charge on any atom is 0.0667 e. The molecule has 2 atom stereocenters. The Bertz CT molecular complexity index is 66.9. The van der Waals surface area contributed by atoms with Crippen molar-refractivity contribution in [1.82, 2.24) is 5.32 Å². The van der Waals surface area contributed by atoms with Crippen LogP contribution < -0.4 is 5.32 Å². The van der Waals surface area contributed by atoms with Gasteiger partial charge in [-0.25, -0.2) is 0 Å². The lowest BCUT2D eigenvalue weighted by atomic mass is 10.0. The molecule has 0 aromatic heterocycles. The van der Waals surface area contributed by atoms with E-state index in [-0.39, 0.29) is 6.10 Å². The molecule has 0 aromatic rings. The molecule has 2 N–H and O–H groups in total. The molecule has 0 saturated carbocycles. The van der Waals surface area contributed by atoms with Gasteiger partial charge in [-0.15, -0.1) is 0 Å². The van der Waals surface area contributed by atoms with Gasteiger partial charge >= 0.3 is 0 Å². The second-order valence-electron chi connectivity index (χ2n) is 2.65.